The summed E-state index contributed by atoms with van der Waals surface area (Å²) in [6.07, 6.45) is 0. The van der Waals surface area contributed by atoms with Gasteiger partial charge in [-0.05, 0) is 33.8 Å². The van der Waals surface area contributed by atoms with Gasteiger partial charge < -0.3 is 9.32 Å². The smallest absolute Gasteiger partial charge is 0.257 e. The highest BCUT2D eigenvalue weighted by Crippen LogP contribution is 2.15. The van der Waals surface area contributed by atoms with E-state index in [9.17, 15) is 4.79 Å². The maximum Gasteiger partial charge on any atom is 0.257 e. The first-order chi connectivity index (χ1) is 6.60. The van der Waals surface area contributed by atoms with E-state index in [2.05, 4.69) is 0 Å². The van der Waals surface area contributed by atoms with Crippen molar-refractivity contribution in [1.29, 1.82) is 0 Å². The predicted octanol–water partition coefficient (Wildman–Crippen LogP) is 2.38. The van der Waals surface area contributed by atoms with Crippen LogP contribution in [-0.4, -0.2) is 23.9 Å². The van der Waals surface area contributed by atoms with Gasteiger partial charge in [-0.3, -0.25) is 4.79 Å². The quantitative estimate of drug-likeness (QED) is 0.742. The summed E-state index contributed by atoms with van der Waals surface area (Å²) in [5.41, 5.74) is 0.686. The molecular weight excluding hydrogens is 178 g/mol. The first kappa shape index (κ1) is 10.8. The second-order valence-corrected chi connectivity index (χ2v) is 3.30. The van der Waals surface area contributed by atoms with Gasteiger partial charge in [0, 0.05) is 13.1 Å². The summed E-state index contributed by atoms with van der Waals surface area (Å²) in [6.45, 7) is 9.10. The number of furan rings is 1. The van der Waals surface area contributed by atoms with Crippen LogP contribution in [-0.2, 0) is 0 Å². The Bertz CT molecular complexity index is 324. The van der Waals surface area contributed by atoms with Gasteiger partial charge in [-0.2, -0.15) is 0 Å². The second-order valence-electron chi connectivity index (χ2n) is 3.30. The third-order valence-electron chi connectivity index (χ3n) is 2.32. The Morgan fingerprint density at radius 3 is 2.29 bits per heavy atom. The zero-order chi connectivity index (χ0) is 10.7. The van der Waals surface area contributed by atoms with Gasteiger partial charge in [-0.25, -0.2) is 0 Å². The molecule has 1 amide bonds. The van der Waals surface area contributed by atoms with Crippen LogP contribution < -0.4 is 0 Å². The average Bonchev–Trinajstić information content (AvgIpc) is 2.47. The van der Waals surface area contributed by atoms with E-state index in [0.29, 0.717) is 11.3 Å². The number of hydrogen-bond acceptors (Lipinski definition) is 2. The molecule has 1 aromatic heterocycles. The fourth-order valence-corrected chi connectivity index (χ4v) is 1.52. The van der Waals surface area contributed by atoms with E-state index in [0.717, 1.165) is 18.8 Å². The van der Waals surface area contributed by atoms with Gasteiger partial charge >= 0.3 is 0 Å². The zero-order valence-electron chi connectivity index (χ0n) is 9.26. The van der Waals surface area contributed by atoms with E-state index in [4.69, 9.17) is 4.42 Å². The molecule has 0 spiro atoms. The second kappa shape index (κ2) is 4.31. The lowest BCUT2D eigenvalue weighted by molar-refractivity contribution is 0.0771. The Labute approximate surface area is 84.7 Å². The summed E-state index contributed by atoms with van der Waals surface area (Å²) in [6, 6.07) is 1.80. The SMILES string of the molecule is CCN(CC)C(=O)c1cc(C)oc1C. The van der Waals surface area contributed by atoms with E-state index in [1.807, 2.05) is 27.7 Å². The van der Waals surface area contributed by atoms with Gasteiger partial charge in [0.2, 0.25) is 0 Å². The summed E-state index contributed by atoms with van der Waals surface area (Å²) < 4.78 is 5.33. The topological polar surface area (TPSA) is 33.5 Å². The van der Waals surface area contributed by atoms with Crippen molar-refractivity contribution in [2.24, 2.45) is 0 Å². The number of aryl methyl sites for hydroxylation is 2. The summed E-state index contributed by atoms with van der Waals surface area (Å²) in [7, 11) is 0. The first-order valence-corrected chi connectivity index (χ1v) is 4.96. The van der Waals surface area contributed by atoms with E-state index in [1.165, 1.54) is 0 Å². The number of hydrogen-bond donors (Lipinski definition) is 0. The maximum atomic E-state index is 11.9. The molecule has 1 heterocycles. The summed E-state index contributed by atoms with van der Waals surface area (Å²) in [5.74, 6) is 1.56. The maximum absolute atomic E-state index is 11.9. The average molecular weight is 195 g/mol. The Morgan fingerprint density at radius 2 is 1.93 bits per heavy atom. The van der Waals surface area contributed by atoms with Crippen LogP contribution in [0.4, 0.5) is 0 Å². The minimum absolute atomic E-state index is 0.0596. The largest absolute Gasteiger partial charge is 0.466 e. The lowest BCUT2D eigenvalue weighted by atomic mass is 10.2. The highest BCUT2D eigenvalue weighted by molar-refractivity contribution is 5.95. The third kappa shape index (κ3) is 1.97. The van der Waals surface area contributed by atoms with Crippen molar-refractivity contribution in [3.8, 4) is 0 Å². The number of amides is 1. The lowest BCUT2D eigenvalue weighted by Gasteiger charge is -2.17. The molecule has 0 aliphatic carbocycles. The summed E-state index contributed by atoms with van der Waals surface area (Å²) >= 11 is 0. The van der Waals surface area contributed by atoms with Crippen molar-refractivity contribution < 1.29 is 9.21 Å². The molecule has 1 aromatic rings. The van der Waals surface area contributed by atoms with Crippen molar-refractivity contribution in [2.45, 2.75) is 27.7 Å². The van der Waals surface area contributed by atoms with Gasteiger partial charge in [-0.1, -0.05) is 0 Å². The van der Waals surface area contributed by atoms with Crippen molar-refractivity contribution in [1.82, 2.24) is 4.90 Å². The van der Waals surface area contributed by atoms with E-state index in [-0.39, 0.29) is 5.91 Å². The molecule has 0 saturated carbocycles. The molecule has 3 nitrogen and oxygen atoms in total. The number of carbonyl (C=O) groups is 1. The van der Waals surface area contributed by atoms with Crippen LogP contribution in [0.1, 0.15) is 35.7 Å². The van der Waals surface area contributed by atoms with E-state index >= 15 is 0 Å². The normalized spacial score (nSPS) is 10.3. The molecule has 0 N–H and O–H groups in total. The number of carbonyl (C=O) groups excluding carboxylic acids is 1. The highest BCUT2D eigenvalue weighted by atomic mass is 16.3. The van der Waals surface area contributed by atoms with Crippen LogP contribution in [0.25, 0.3) is 0 Å². The molecule has 0 aromatic carbocycles. The Kier molecular flexibility index (Phi) is 3.33. The van der Waals surface area contributed by atoms with Gasteiger partial charge in [-0.15, -0.1) is 0 Å². The van der Waals surface area contributed by atoms with Crippen LogP contribution in [0, 0.1) is 13.8 Å². The van der Waals surface area contributed by atoms with Crippen LogP contribution >= 0.6 is 0 Å². The van der Waals surface area contributed by atoms with Crippen molar-refractivity contribution in [2.75, 3.05) is 13.1 Å². The number of nitrogens with zero attached hydrogens (tertiary/aromatic N) is 1. The molecule has 14 heavy (non-hydrogen) atoms. The predicted molar refractivity (Wildman–Crippen MR) is 55.4 cm³/mol. The molecule has 0 fully saturated rings. The lowest BCUT2D eigenvalue weighted by Crippen LogP contribution is -2.30. The van der Waals surface area contributed by atoms with Gasteiger partial charge in [0.15, 0.2) is 0 Å². The minimum Gasteiger partial charge on any atom is -0.466 e. The standard InChI is InChI=1S/C11H17NO2/c1-5-12(6-2)11(13)10-7-8(3)14-9(10)4/h7H,5-6H2,1-4H3. The van der Waals surface area contributed by atoms with Gasteiger partial charge in [0.25, 0.3) is 5.91 Å². The molecule has 0 atom stereocenters. The molecule has 0 aliphatic rings. The minimum atomic E-state index is 0.0596. The van der Waals surface area contributed by atoms with Crippen molar-refractivity contribution in [3.63, 3.8) is 0 Å². The molecule has 3 heteroatoms. The molecule has 0 saturated heterocycles. The molecule has 0 aliphatic heterocycles. The Hall–Kier alpha value is -1.25. The molecular formula is C11H17NO2. The monoisotopic (exact) mass is 195 g/mol. The van der Waals surface area contributed by atoms with E-state index < -0.39 is 0 Å². The van der Waals surface area contributed by atoms with Crippen LogP contribution in [0.5, 0.6) is 0 Å². The van der Waals surface area contributed by atoms with Crippen LogP contribution in [0.3, 0.4) is 0 Å². The number of rotatable bonds is 3. The van der Waals surface area contributed by atoms with Gasteiger partial charge in [0.1, 0.15) is 11.5 Å². The van der Waals surface area contributed by atoms with Crippen molar-refractivity contribution in [3.05, 3.63) is 23.2 Å². The van der Waals surface area contributed by atoms with E-state index in [1.54, 1.807) is 11.0 Å². The zero-order valence-corrected chi connectivity index (χ0v) is 9.26. The first-order valence-electron chi connectivity index (χ1n) is 4.96. The molecule has 0 unspecified atom stereocenters. The molecule has 78 valence electrons. The molecule has 0 radical (unpaired) electrons. The Balaban J connectivity index is 2.93. The Morgan fingerprint density at radius 1 is 1.36 bits per heavy atom. The fourth-order valence-electron chi connectivity index (χ4n) is 1.52. The van der Waals surface area contributed by atoms with Crippen LogP contribution in [0.2, 0.25) is 0 Å². The molecule has 0 bridgehead atoms. The van der Waals surface area contributed by atoms with Crippen molar-refractivity contribution >= 4 is 5.91 Å². The summed E-state index contributed by atoms with van der Waals surface area (Å²) in [5, 5.41) is 0. The molecule has 1 rings (SSSR count). The third-order valence-corrected chi connectivity index (χ3v) is 2.32. The fraction of sp³-hybridized carbons (Fsp3) is 0.545. The van der Waals surface area contributed by atoms with Gasteiger partial charge in [0.05, 0.1) is 5.56 Å². The van der Waals surface area contributed by atoms with Crippen LogP contribution in [0.15, 0.2) is 10.5 Å². The highest BCUT2D eigenvalue weighted by Gasteiger charge is 2.17. The summed E-state index contributed by atoms with van der Waals surface area (Å²) in [4.78, 5) is 13.7.